The molecular formula is C17H13N3O. The highest BCUT2D eigenvalue weighted by Crippen LogP contribution is 2.31. The van der Waals surface area contributed by atoms with Crippen LogP contribution in [0.4, 0.5) is 0 Å². The summed E-state index contributed by atoms with van der Waals surface area (Å²) >= 11 is 0. The molecule has 4 aromatic rings. The van der Waals surface area contributed by atoms with Crippen molar-refractivity contribution in [3.8, 4) is 11.3 Å². The number of furan rings is 1. The summed E-state index contributed by atoms with van der Waals surface area (Å²) in [5.41, 5.74) is 5.47. The topological polar surface area (TPSA) is 51.8 Å². The molecule has 3 aromatic heterocycles. The van der Waals surface area contributed by atoms with E-state index < -0.39 is 0 Å². The number of nitrogens with zero attached hydrogens (tertiary/aromatic N) is 3. The molecule has 4 nitrogen and oxygen atoms in total. The fraction of sp³-hybridized carbons (Fsp3) is 0.118. The molecule has 0 aliphatic carbocycles. The highest BCUT2D eigenvalue weighted by molar-refractivity contribution is 6.04. The summed E-state index contributed by atoms with van der Waals surface area (Å²) in [6, 6.07) is 10.1. The minimum Gasteiger partial charge on any atom is -0.438 e. The lowest BCUT2D eigenvalue weighted by Gasteiger charge is -2.06. The van der Waals surface area contributed by atoms with Gasteiger partial charge in [-0.3, -0.25) is 0 Å². The van der Waals surface area contributed by atoms with E-state index in [1.165, 1.54) is 0 Å². The maximum Gasteiger partial charge on any atom is 0.227 e. The largest absolute Gasteiger partial charge is 0.438 e. The Bertz CT molecular complexity index is 972. The van der Waals surface area contributed by atoms with Crippen LogP contribution in [0.1, 0.15) is 11.3 Å². The third-order valence-corrected chi connectivity index (χ3v) is 3.84. The zero-order chi connectivity index (χ0) is 14.4. The second-order valence-corrected chi connectivity index (χ2v) is 5.11. The minimum atomic E-state index is 0.656. The minimum absolute atomic E-state index is 0.656. The fourth-order valence-corrected chi connectivity index (χ4v) is 2.57. The van der Waals surface area contributed by atoms with Crippen LogP contribution in [0.3, 0.4) is 0 Å². The quantitative estimate of drug-likeness (QED) is 0.525. The van der Waals surface area contributed by atoms with Crippen molar-refractivity contribution in [2.24, 2.45) is 0 Å². The van der Waals surface area contributed by atoms with Gasteiger partial charge >= 0.3 is 0 Å². The van der Waals surface area contributed by atoms with Crippen molar-refractivity contribution in [2.45, 2.75) is 13.8 Å². The summed E-state index contributed by atoms with van der Waals surface area (Å²) in [5, 5.41) is 2.09. The van der Waals surface area contributed by atoms with Gasteiger partial charge in [0.1, 0.15) is 11.9 Å². The number of hydrogen-bond acceptors (Lipinski definition) is 4. The number of rotatable bonds is 1. The average Bonchev–Trinajstić information content (AvgIpc) is 2.88. The van der Waals surface area contributed by atoms with Crippen LogP contribution in [0.25, 0.3) is 33.3 Å². The molecule has 0 bridgehead atoms. The number of aryl methyl sites for hydroxylation is 1. The van der Waals surface area contributed by atoms with Crippen molar-refractivity contribution in [1.82, 2.24) is 15.0 Å². The van der Waals surface area contributed by atoms with E-state index in [2.05, 4.69) is 21.0 Å². The maximum atomic E-state index is 5.75. The van der Waals surface area contributed by atoms with E-state index in [9.17, 15) is 0 Å². The van der Waals surface area contributed by atoms with Crippen LogP contribution in [-0.2, 0) is 0 Å². The van der Waals surface area contributed by atoms with Crippen molar-refractivity contribution < 1.29 is 4.42 Å². The van der Waals surface area contributed by atoms with E-state index >= 15 is 0 Å². The average molecular weight is 275 g/mol. The van der Waals surface area contributed by atoms with Crippen molar-refractivity contribution in [1.29, 1.82) is 0 Å². The predicted octanol–water partition coefficient (Wildman–Crippen LogP) is 4.05. The second kappa shape index (κ2) is 4.38. The van der Waals surface area contributed by atoms with E-state index in [4.69, 9.17) is 4.42 Å². The Morgan fingerprint density at radius 3 is 2.71 bits per heavy atom. The van der Waals surface area contributed by atoms with Crippen molar-refractivity contribution >= 4 is 22.1 Å². The highest BCUT2D eigenvalue weighted by Gasteiger charge is 2.12. The first-order chi connectivity index (χ1) is 10.2. The van der Waals surface area contributed by atoms with Gasteiger partial charge in [0, 0.05) is 28.2 Å². The normalized spacial score (nSPS) is 11.3. The van der Waals surface area contributed by atoms with Gasteiger partial charge in [0.15, 0.2) is 0 Å². The molecule has 0 saturated carbocycles. The Balaban J connectivity index is 2.02. The first kappa shape index (κ1) is 12.0. The zero-order valence-corrected chi connectivity index (χ0v) is 11.8. The van der Waals surface area contributed by atoms with Crippen LogP contribution >= 0.6 is 0 Å². The van der Waals surface area contributed by atoms with Gasteiger partial charge in [-0.15, -0.1) is 0 Å². The molecule has 3 heterocycles. The van der Waals surface area contributed by atoms with Crippen LogP contribution in [0.5, 0.6) is 0 Å². The SMILES string of the molecule is Cc1ncnc(-c2cnc3oc4ccccc4c3c2)c1C. The molecule has 0 saturated heterocycles. The molecule has 102 valence electrons. The van der Waals surface area contributed by atoms with Gasteiger partial charge in [0.05, 0.1) is 5.69 Å². The molecule has 4 heteroatoms. The zero-order valence-electron chi connectivity index (χ0n) is 11.8. The molecular weight excluding hydrogens is 262 g/mol. The Morgan fingerprint density at radius 1 is 0.952 bits per heavy atom. The van der Waals surface area contributed by atoms with Gasteiger partial charge < -0.3 is 4.42 Å². The molecule has 0 fully saturated rings. The molecule has 0 unspecified atom stereocenters. The van der Waals surface area contributed by atoms with Gasteiger partial charge in [0.25, 0.3) is 0 Å². The van der Waals surface area contributed by atoms with Gasteiger partial charge in [-0.2, -0.15) is 0 Å². The van der Waals surface area contributed by atoms with Crippen LogP contribution < -0.4 is 0 Å². The van der Waals surface area contributed by atoms with E-state index in [0.29, 0.717) is 5.71 Å². The van der Waals surface area contributed by atoms with E-state index in [-0.39, 0.29) is 0 Å². The monoisotopic (exact) mass is 275 g/mol. The first-order valence-electron chi connectivity index (χ1n) is 6.80. The lowest BCUT2D eigenvalue weighted by Crippen LogP contribution is -1.94. The lowest BCUT2D eigenvalue weighted by atomic mass is 10.1. The molecule has 0 aliphatic rings. The number of para-hydroxylation sites is 1. The Hall–Kier alpha value is -2.75. The van der Waals surface area contributed by atoms with Gasteiger partial charge in [-0.05, 0) is 31.5 Å². The third-order valence-electron chi connectivity index (χ3n) is 3.84. The lowest BCUT2D eigenvalue weighted by molar-refractivity contribution is 0.654. The van der Waals surface area contributed by atoms with E-state index in [1.807, 2.05) is 38.1 Å². The van der Waals surface area contributed by atoms with E-state index in [1.54, 1.807) is 12.5 Å². The summed E-state index contributed by atoms with van der Waals surface area (Å²) in [6.45, 7) is 4.02. The molecule has 21 heavy (non-hydrogen) atoms. The summed E-state index contributed by atoms with van der Waals surface area (Å²) in [4.78, 5) is 13.1. The highest BCUT2D eigenvalue weighted by atomic mass is 16.3. The molecule has 0 amide bonds. The third kappa shape index (κ3) is 1.80. The van der Waals surface area contributed by atoms with E-state index in [0.717, 1.165) is 38.9 Å². The molecule has 0 radical (unpaired) electrons. The van der Waals surface area contributed by atoms with Crippen LogP contribution in [-0.4, -0.2) is 15.0 Å². The number of aromatic nitrogens is 3. The van der Waals surface area contributed by atoms with Crippen molar-refractivity contribution in [2.75, 3.05) is 0 Å². The molecule has 0 N–H and O–H groups in total. The van der Waals surface area contributed by atoms with Crippen LogP contribution in [0.15, 0.2) is 47.3 Å². The molecule has 1 aromatic carbocycles. The Labute approximate surface area is 121 Å². The van der Waals surface area contributed by atoms with Crippen molar-refractivity contribution in [3.05, 3.63) is 54.1 Å². The van der Waals surface area contributed by atoms with Gasteiger partial charge in [-0.1, -0.05) is 18.2 Å². The summed E-state index contributed by atoms with van der Waals surface area (Å²) in [6.07, 6.45) is 3.40. The number of fused-ring (bicyclic) bond motifs is 3. The number of benzene rings is 1. The molecule has 0 aliphatic heterocycles. The Morgan fingerprint density at radius 2 is 1.81 bits per heavy atom. The maximum absolute atomic E-state index is 5.75. The number of pyridine rings is 1. The Kier molecular flexibility index (Phi) is 2.51. The van der Waals surface area contributed by atoms with Crippen LogP contribution in [0.2, 0.25) is 0 Å². The summed E-state index contributed by atoms with van der Waals surface area (Å²) in [5.74, 6) is 0. The standard InChI is InChI=1S/C17H13N3O/c1-10-11(2)19-9-20-16(10)12-7-14-13-5-3-4-6-15(13)21-17(14)18-8-12/h3-9H,1-2H3. The van der Waals surface area contributed by atoms with Gasteiger partial charge in [-0.25, -0.2) is 15.0 Å². The van der Waals surface area contributed by atoms with Crippen LogP contribution in [0, 0.1) is 13.8 Å². The summed E-state index contributed by atoms with van der Waals surface area (Å²) < 4.78 is 5.75. The number of hydrogen-bond donors (Lipinski definition) is 0. The van der Waals surface area contributed by atoms with Crippen molar-refractivity contribution in [3.63, 3.8) is 0 Å². The summed E-state index contributed by atoms with van der Waals surface area (Å²) in [7, 11) is 0. The molecule has 0 atom stereocenters. The smallest absolute Gasteiger partial charge is 0.227 e. The second-order valence-electron chi connectivity index (χ2n) is 5.11. The van der Waals surface area contributed by atoms with Gasteiger partial charge in [0.2, 0.25) is 5.71 Å². The fourth-order valence-electron chi connectivity index (χ4n) is 2.57. The first-order valence-corrected chi connectivity index (χ1v) is 6.80. The predicted molar refractivity (Wildman–Crippen MR) is 82.0 cm³/mol. The molecule has 0 spiro atoms. The molecule has 4 rings (SSSR count).